The van der Waals surface area contributed by atoms with E-state index in [0.29, 0.717) is 27.6 Å². The molecule has 4 aromatic rings. The first-order valence-corrected chi connectivity index (χ1v) is 10.3. The lowest BCUT2D eigenvalue weighted by Gasteiger charge is -2.12. The Kier molecular flexibility index (Phi) is 6.17. The van der Waals surface area contributed by atoms with E-state index >= 15 is 0 Å². The van der Waals surface area contributed by atoms with Gasteiger partial charge in [-0.15, -0.1) is 0 Å². The van der Waals surface area contributed by atoms with Crippen LogP contribution >= 0.6 is 0 Å². The summed E-state index contributed by atoms with van der Waals surface area (Å²) in [5, 5.41) is 10.4. The van der Waals surface area contributed by atoms with Gasteiger partial charge in [-0.3, -0.25) is 9.38 Å². The third-order valence-corrected chi connectivity index (χ3v) is 4.92. The van der Waals surface area contributed by atoms with Crippen molar-refractivity contribution < 1.29 is 8.78 Å². The van der Waals surface area contributed by atoms with Gasteiger partial charge in [-0.2, -0.15) is 13.9 Å². The summed E-state index contributed by atoms with van der Waals surface area (Å²) in [5.41, 5.74) is 3.22. The van der Waals surface area contributed by atoms with E-state index in [-0.39, 0.29) is 0 Å². The number of pyridine rings is 1. The zero-order valence-electron chi connectivity index (χ0n) is 17.3. The largest absolute Gasteiger partial charge is 0.366 e. The van der Waals surface area contributed by atoms with Gasteiger partial charge in [-0.1, -0.05) is 19.9 Å². The van der Waals surface area contributed by atoms with E-state index in [9.17, 15) is 8.78 Å². The maximum absolute atomic E-state index is 12.8. The van der Waals surface area contributed by atoms with Crippen molar-refractivity contribution in [3.8, 4) is 22.6 Å². The first-order valence-electron chi connectivity index (χ1n) is 10.3. The van der Waals surface area contributed by atoms with E-state index in [1.807, 2.05) is 36.4 Å². The fourth-order valence-electron chi connectivity index (χ4n) is 3.45. The van der Waals surface area contributed by atoms with E-state index in [2.05, 4.69) is 25.7 Å². The molecule has 1 fully saturated rings. The fraction of sp³-hybridized carbons (Fsp3) is 0.333. The lowest BCUT2D eigenvalue weighted by Crippen LogP contribution is -2.22. The minimum Gasteiger partial charge on any atom is -0.366 e. The molecule has 10 heteroatoms. The van der Waals surface area contributed by atoms with Crippen molar-refractivity contribution in [3.63, 3.8) is 0 Å². The predicted octanol–water partition coefficient (Wildman–Crippen LogP) is 3.85. The van der Waals surface area contributed by atoms with Gasteiger partial charge in [0.1, 0.15) is 5.82 Å². The zero-order valence-corrected chi connectivity index (χ0v) is 17.3. The molecule has 5 heterocycles. The van der Waals surface area contributed by atoms with Gasteiger partial charge in [0.2, 0.25) is 0 Å². The molecule has 0 amide bonds. The van der Waals surface area contributed by atoms with Crippen LogP contribution in [0.5, 0.6) is 0 Å². The van der Waals surface area contributed by atoms with Crippen molar-refractivity contribution >= 4 is 11.5 Å². The summed E-state index contributed by atoms with van der Waals surface area (Å²) >= 11 is 0. The minimum atomic E-state index is -2.69. The van der Waals surface area contributed by atoms with Crippen LogP contribution in [-0.4, -0.2) is 48.3 Å². The number of anilines is 1. The number of imidazole rings is 1. The molecule has 0 aromatic carbocycles. The molecule has 5 rings (SSSR count). The number of nitrogens with one attached hydrogen (secondary N) is 2. The van der Waals surface area contributed by atoms with Crippen LogP contribution < -0.4 is 10.6 Å². The number of hydrogen-bond acceptors (Lipinski definition) is 6. The SMILES string of the molecule is CC.FC(F)n1cc(-c2cn3c(-c4cccc(NC5CCNC5)n4)cnc3cn2)cn1. The Morgan fingerprint density at radius 3 is 2.71 bits per heavy atom. The number of rotatable bonds is 5. The molecule has 0 aliphatic carbocycles. The van der Waals surface area contributed by atoms with E-state index in [1.54, 1.807) is 18.6 Å². The Morgan fingerprint density at radius 1 is 1.10 bits per heavy atom. The van der Waals surface area contributed by atoms with Crippen LogP contribution in [0.3, 0.4) is 0 Å². The average molecular weight is 426 g/mol. The maximum atomic E-state index is 12.8. The molecule has 31 heavy (non-hydrogen) atoms. The van der Waals surface area contributed by atoms with Crippen molar-refractivity contribution in [2.75, 3.05) is 18.4 Å². The third kappa shape index (κ3) is 4.38. The number of alkyl halides is 2. The van der Waals surface area contributed by atoms with Gasteiger partial charge in [0.25, 0.3) is 0 Å². The van der Waals surface area contributed by atoms with Crippen LogP contribution in [0, 0.1) is 0 Å². The van der Waals surface area contributed by atoms with Crippen LogP contribution in [0.25, 0.3) is 28.3 Å². The summed E-state index contributed by atoms with van der Waals surface area (Å²) in [5.74, 6) is 0.804. The van der Waals surface area contributed by atoms with Gasteiger partial charge in [0.15, 0.2) is 5.65 Å². The van der Waals surface area contributed by atoms with Gasteiger partial charge in [0.05, 0.1) is 35.7 Å². The number of halogens is 2. The van der Waals surface area contributed by atoms with E-state index < -0.39 is 6.55 Å². The first-order chi connectivity index (χ1) is 15.2. The van der Waals surface area contributed by atoms with E-state index in [4.69, 9.17) is 4.98 Å². The third-order valence-electron chi connectivity index (χ3n) is 4.92. The van der Waals surface area contributed by atoms with Crippen LogP contribution in [-0.2, 0) is 0 Å². The second-order valence-electron chi connectivity index (χ2n) is 6.87. The fourth-order valence-corrected chi connectivity index (χ4v) is 3.45. The van der Waals surface area contributed by atoms with Crippen molar-refractivity contribution in [1.82, 2.24) is 34.4 Å². The molecule has 162 valence electrons. The molecule has 4 aromatic heterocycles. The van der Waals surface area contributed by atoms with E-state index in [1.165, 1.54) is 12.4 Å². The average Bonchev–Trinajstić information content (AvgIpc) is 3.55. The summed E-state index contributed by atoms with van der Waals surface area (Å²) < 4.78 is 28.1. The van der Waals surface area contributed by atoms with Gasteiger partial charge in [-0.05, 0) is 25.1 Å². The monoisotopic (exact) mass is 426 g/mol. The smallest absolute Gasteiger partial charge is 0.333 e. The second-order valence-corrected chi connectivity index (χ2v) is 6.87. The molecule has 0 radical (unpaired) electrons. The molecule has 1 aliphatic rings. The predicted molar refractivity (Wildman–Crippen MR) is 115 cm³/mol. The second kappa shape index (κ2) is 9.17. The first kappa shape index (κ1) is 20.9. The van der Waals surface area contributed by atoms with Crippen molar-refractivity contribution in [3.05, 3.63) is 49.2 Å². The van der Waals surface area contributed by atoms with Crippen LogP contribution in [0.2, 0.25) is 0 Å². The normalized spacial score (nSPS) is 15.8. The van der Waals surface area contributed by atoms with Gasteiger partial charge >= 0.3 is 6.55 Å². The summed E-state index contributed by atoms with van der Waals surface area (Å²) in [4.78, 5) is 13.4. The van der Waals surface area contributed by atoms with Gasteiger partial charge in [0, 0.05) is 30.5 Å². The molecule has 2 N–H and O–H groups in total. The molecule has 0 saturated carbocycles. The maximum Gasteiger partial charge on any atom is 0.333 e. The minimum absolute atomic E-state index is 0.363. The number of nitrogens with zero attached hydrogens (tertiary/aromatic N) is 6. The van der Waals surface area contributed by atoms with Crippen molar-refractivity contribution in [1.29, 1.82) is 0 Å². The van der Waals surface area contributed by atoms with Crippen molar-refractivity contribution in [2.24, 2.45) is 0 Å². The summed E-state index contributed by atoms with van der Waals surface area (Å²) in [6, 6.07) is 6.16. The lowest BCUT2D eigenvalue weighted by molar-refractivity contribution is 0.0566. The molecule has 0 spiro atoms. The molecular weight excluding hydrogens is 402 g/mol. The van der Waals surface area contributed by atoms with Crippen LogP contribution in [0.4, 0.5) is 14.6 Å². The molecular formula is C21H24F2N8. The van der Waals surface area contributed by atoms with Crippen molar-refractivity contribution in [2.45, 2.75) is 32.9 Å². The number of fused-ring (bicyclic) bond motifs is 1. The topological polar surface area (TPSA) is 85.0 Å². The molecule has 1 atom stereocenters. The Morgan fingerprint density at radius 2 is 1.97 bits per heavy atom. The Bertz CT molecular complexity index is 1150. The quantitative estimate of drug-likeness (QED) is 0.504. The van der Waals surface area contributed by atoms with Crippen LogP contribution in [0.15, 0.2) is 49.2 Å². The summed E-state index contributed by atoms with van der Waals surface area (Å²) in [6.07, 6.45) is 8.79. The Labute approximate surface area is 178 Å². The standard InChI is InChI=1S/C19H18F2N8.C2H6/c20-19(21)29-10-12(6-25-29)15-11-28-16(8-24-18(28)9-23-15)14-2-1-3-17(27-14)26-13-4-5-22-7-13;1-2/h1-3,6,8-11,13,19,22H,4-5,7H2,(H,26,27);1-2H3. The zero-order chi connectivity index (χ0) is 21.8. The highest BCUT2D eigenvalue weighted by molar-refractivity contribution is 5.64. The van der Waals surface area contributed by atoms with Gasteiger partial charge in [-0.25, -0.2) is 14.6 Å². The summed E-state index contributed by atoms with van der Waals surface area (Å²) in [7, 11) is 0. The number of aromatic nitrogens is 6. The summed E-state index contributed by atoms with van der Waals surface area (Å²) in [6.45, 7) is 3.23. The highest BCUT2D eigenvalue weighted by Crippen LogP contribution is 2.24. The highest BCUT2D eigenvalue weighted by atomic mass is 19.3. The van der Waals surface area contributed by atoms with E-state index in [0.717, 1.165) is 36.7 Å². The molecule has 8 nitrogen and oxygen atoms in total. The Hall–Kier alpha value is -3.40. The molecule has 1 unspecified atom stereocenters. The lowest BCUT2D eigenvalue weighted by atomic mass is 10.2. The Balaban J connectivity index is 0.00000112. The van der Waals surface area contributed by atoms with Crippen LogP contribution in [0.1, 0.15) is 26.8 Å². The van der Waals surface area contributed by atoms with Gasteiger partial charge < -0.3 is 10.6 Å². The number of hydrogen-bond donors (Lipinski definition) is 2. The molecule has 1 saturated heterocycles. The highest BCUT2D eigenvalue weighted by Gasteiger charge is 2.16. The molecule has 1 aliphatic heterocycles. The molecule has 0 bridgehead atoms.